The smallest absolute Gasteiger partial charge is 0.282 e. The van der Waals surface area contributed by atoms with Crippen LogP contribution in [-0.2, 0) is 0 Å². The Morgan fingerprint density at radius 2 is 1.69 bits per heavy atom. The van der Waals surface area contributed by atoms with E-state index in [1.807, 2.05) is 0 Å². The molecule has 1 N–H and O–H groups in total. The van der Waals surface area contributed by atoms with E-state index in [0.29, 0.717) is 22.9 Å². The van der Waals surface area contributed by atoms with Crippen LogP contribution in [-0.4, -0.2) is 35.2 Å². The number of halogens is 2. The first-order valence-electron chi connectivity index (χ1n) is 7.99. The Bertz CT molecular complexity index is 846. The van der Waals surface area contributed by atoms with Crippen LogP contribution in [0.4, 0.5) is 8.78 Å². The van der Waals surface area contributed by atoms with Gasteiger partial charge in [0.1, 0.15) is 23.8 Å². The molecule has 136 valence electrons. The van der Waals surface area contributed by atoms with Gasteiger partial charge < -0.3 is 14.6 Å². The Morgan fingerprint density at radius 1 is 1.04 bits per heavy atom. The second-order valence-corrected chi connectivity index (χ2v) is 5.46. The van der Waals surface area contributed by atoms with Crippen molar-refractivity contribution in [3.8, 4) is 28.4 Å². The number of aliphatic hydroxyl groups is 1. The van der Waals surface area contributed by atoms with Crippen LogP contribution in [0.1, 0.15) is 12.1 Å². The third-order valence-corrected chi connectivity index (χ3v) is 3.78. The monoisotopic (exact) mass is 360 g/mol. The lowest BCUT2D eigenvalue weighted by Gasteiger charge is -2.09. The van der Waals surface area contributed by atoms with Crippen molar-refractivity contribution in [2.75, 3.05) is 20.3 Å². The lowest BCUT2D eigenvalue weighted by atomic mass is 10.1. The van der Waals surface area contributed by atoms with Crippen molar-refractivity contribution in [1.82, 2.24) is 9.78 Å². The predicted molar refractivity (Wildman–Crippen MR) is 93.1 cm³/mol. The molecule has 7 heteroatoms. The zero-order chi connectivity index (χ0) is 18.5. The standard InChI is InChI=1S/C19H18F2N2O3/c1-25-15-8-4-14(5-9-15)23-18(12-17(22-23)19(20)21)13-2-6-16(7-3-13)26-11-10-24/h2-9,12,19,24H,10-11H2,1H3. The summed E-state index contributed by atoms with van der Waals surface area (Å²) in [5.74, 6) is 1.26. The summed E-state index contributed by atoms with van der Waals surface area (Å²) in [4.78, 5) is 0. The first-order chi connectivity index (χ1) is 12.6. The second-order valence-electron chi connectivity index (χ2n) is 5.46. The van der Waals surface area contributed by atoms with E-state index in [2.05, 4.69) is 5.10 Å². The van der Waals surface area contributed by atoms with E-state index in [1.54, 1.807) is 55.6 Å². The van der Waals surface area contributed by atoms with Gasteiger partial charge in [-0.2, -0.15) is 5.10 Å². The quantitative estimate of drug-likeness (QED) is 0.695. The Hall–Kier alpha value is -2.93. The van der Waals surface area contributed by atoms with Gasteiger partial charge in [0.15, 0.2) is 0 Å². The maximum atomic E-state index is 13.2. The molecule has 0 radical (unpaired) electrons. The van der Waals surface area contributed by atoms with Gasteiger partial charge in [0, 0.05) is 5.56 Å². The molecule has 0 aliphatic heterocycles. The van der Waals surface area contributed by atoms with E-state index in [4.69, 9.17) is 14.6 Å². The van der Waals surface area contributed by atoms with Crippen molar-refractivity contribution in [1.29, 1.82) is 0 Å². The highest BCUT2D eigenvalue weighted by molar-refractivity contribution is 5.64. The zero-order valence-electron chi connectivity index (χ0n) is 14.1. The molecule has 0 spiro atoms. The van der Waals surface area contributed by atoms with Crippen molar-refractivity contribution in [3.05, 3.63) is 60.3 Å². The Balaban J connectivity index is 1.99. The van der Waals surface area contributed by atoms with E-state index in [1.165, 1.54) is 10.7 Å². The van der Waals surface area contributed by atoms with Gasteiger partial charge in [-0.05, 0) is 54.6 Å². The molecular weight excluding hydrogens is 342 g/mol. The Morgan fingerprint density at radius 3 is 2.27 bits per heavy atom. The molecule has 2 aromatic carbocycles. The van der Waals surface area contributed by atoms with Crippen LogP contribution in [0.2, 0.25) is 0 Å². The molecule has 3 aromatic rings. The summed E-state index contributed by atoms with van der Waals surface area (Å²) in [6.45, 7) is 0.113. The first kappa shape index (κ1) is 17.9. The van der Waals surface area contributed by atoms with Crippen molar-refractivity contribution in [3.63, 3.8) is 0 Å². The minimum Gasteiger partial charge on any atom is -0.497 e. The largest absolute Gasteiger partial charge is 0.497 e. The molecule has 0 bridgehead atoms. The Kier molecular flexibility index (Phi) is 5.48. The minimum atomic E-state index is -2.67. The number of hydrogen-bond donors (Lipinski definition) is 1. The maximum absolute atomic E-state index is 13.2. The van der Waals surface area contributed by atoms with Gasteiger partial charge >= 0.3 is 0 Å². The summed E-state index contributed by atoms with van der Waals surface area (Å²) in [5.41, 5.74) is 1.61. The third-order valence-electron chi connectivity index (χ3n) is 3.78. The summed E-state index contributed by atoms with van der Waals surface area (Å²) in [7, 11) is 1.56. The molecule has 0 saturated heterocycles. The lowest BCUT2D eigenvalue weighted by Crippen LogP contribution is -2.02. The van der Waals surface area contributed by atoms with E-state index in [9.17, 15) is 8.78 Å². The summed E-state index contributed by atoms with van der Waals surface area (Å²) in [6, 6.07) is 15.3. The summed E-state index contributed by atoms with van der Waals surface area (Å²) < 4.78 is 38.3. The lowest BCUT2D eigenvalue weighted by molar-refractivity contribution is 0.145. The van der Waals surface area contributed by atoms with Crippen LogP contribution in [0.3, 0.4) is 0 Å². The van der Waals surface area contributed by atoms with Crippen molar-refractivity contribution < 1.29 is 23.4 Å². The molecule has 0 saturated carbocycles. The molecule has 5 nitrogen and oxygen atoms in total. The highest BCUT2D eigenvalue weighted by Gasteiger charge is 2.18. The minimum absolute atomic E-state index is 0.0796. The average molecular weight is 360 g/mol. The van der Waals surface area contributed by atoms with E-state index in [0.717, 1.165) is 5.56 Å². The zero-order valence-corrected chi connectivity index (χ0v) is 14.1. The fraction of sp³-hybridized carbons (Fsp3) is 0.211. The summed E-state index contributed by atoms with van der Waals surface area (Å²) >= 11 is 0. The van der Waals surface area contributed by atoms with Crippen LogP contribution in [0.5, 0.6) is 11.5 Å². The molecule has 0 amide bonds. The number of nitrogens with zero attached hydrogens (tertiary/aromatic N) is 2. The summed E-state index contributed by atoms with van der Waals surface area (Å²) in [6.07, 6.45) is -2.67. The number of aromatic nitrogens is 2. The van der Waals surface area contributed by atoms with Crippen LogP contribution in [0, 0.1) is 0 Å². The van der Waals surface area contributed by atoms with Crippen LogP contribution in [0.15, 0.2) is 54.6 Å². The van der Waals surface area contributed by atoms with Crippen molar-refractivity contribution >= 4 is 0 Å². The molecule has 0 atom stereocenters. The van der Waals surface area contributed by atoms with Crippen molar-refractivity contribution in [2.45, 2.75) is 6.43 Å². The second kappa shape index (κ2) is 7.97. The summed E-state index contributed by atoms with van der Waals surface area (Å²) in [5, 5.41) is 12.8. The maximum Gasteiger partial charge on any atom is 0.282 e. The fourth-order valence-corrected chi connectivity index (χ4v) is 2.52. The number of aliphatic hydroxyl groups excluding tert-OH is 1. The molecule has 0 fully saturated rings. The fourth-order valence-electron chi connectivity index (χ4n) is 2.52. The van der Waals surface area contributed by atoms with Gasteiger partial charge in [0.25, 0.3) is 6.43 Å². The van der Waals surface area contributed by atoms with E-state index >= 15 is 0 Å². The number of alkyl halides is 2. The molecular formula is C19H18F2N2O3. The molecule has 3 rings (SSSR count). The van der Waals surface area contributed by atoms with Gasteiger partial charge in [0.05, 0.1) is 25.1 Å². The number of methoxy groups -OCH3 is 1. The van der Waals surface area contributed by atoms with Crippen LogP contribution >= 0.6 is 0 Å². The van der Waals surface area contributed by atoms with Gasteiger partial charge in [-0.3, -0.25) is 0 Å². The molecule has 0 aliphatic rings. The highest BCUT2D eigenvalue weighted by Crippen LogP contribution is 2.30. The number of ether oxygens (including phenoxy) is 2. The van der Waals surface area contributed by atoms with Gasteiger partial charge in [-0.15, -0.1) is 0 Å². The number of hydrogen-bond acceptors (Lipinski definition) is 4. The predicted octanol–water partition coefficient (Wildman–Crippen LogP) is 3.86. The number of benzene rings is 2. The number of rotatable bonds is 7. The molecule has 26 heavy (non-hydrogen) atoms. The molecule has 1 heterocycles. The van der Waals surface area contributed by atoms with Crippen LogP contribution in [0.25, 0.3) is 16.9 Å². The molecule has 1 aromatic heterocycles. The van der Waals surface area contributed by atoms with Gasteiger partial charge in [-0.1, -0.05) is 0 Å². The normalized spacial score (nSPS) is 11.0. The highest BCUT2D eigenvalue weighted by atomic mass is 19.3. The van der Waals surface area contributed by atoms with Crippen LogP contribution < -0.4 is 9.47 Å². The first-order valence-corrected chi connectivity index (χ1v) is 7.99. The average Bonchev–Trinajstić information content (AvgIpc) is 3.12. The van der Waals surface area contributed by atoms with Crippen molar-refractivity contribution in [2.24, 2.45) is 0 Å². The molecule has 0 unspecified atom stereocenters. The van der Waals surface area contributed by atoms with Gasteiger partial charge in [-0.25, -0.2) is 13.5 Å². The van der Waals surface area contributed by atoms with Gasteiger partial charge in [0.2, 0.25) is 0 Å². The molecule has 0 aliphatic carbocycles. The SMILES string of the molecule is COc1ccc(-n2nc(C(F)F)cc2-c2ccc(OCCO)cc2)cc1. The van der Waals surface area contributed by atoms with E-state index < -0.39 is 6.43 Å². The third kappa shape index (κ3) is 3.83. The van der Waals surface area contributed by atoms with E-state index in [-0.39, 0.29) is 18.9 Å². The topological polar surface area (TPSA) is 56.5 Å². The Labute approximate surface area is 149 Å².